The maximum absolute atomic E-state index is 12.6. The van der Waals surface area contributed by atoms with Crippen molar-refractivity contribution in [3.05, 3.63) is 0 Å². The molecule has 0 aromatic rings. The minimum Gasteiger partial charge on any atom is -0.285 e. The van der Waals surface area contributed by atoms with Crippen molar-refractivity contribution in [2.75, 3.05) is 7.05 Å². The molecule has 0 aromatic carbocycles. The quantitative estimate of drug-likeness (QED) is 0.631. The Balaban J connectivity index is 2.26. The normalized spacial score (nSPS) is 37.9. The maximum atomic E-state index is 12.6. The number of carbonyl (C=O) groups is 2. The lowest BCUT2D eigenvalue weighted by Gasteiger charge is -2.38. The van der Waals surface area contributed by atoms with Crippen molar-refractivity contribution in [2.45, 2.75) is 58.8 Å². The zero-order valence-corrected chi connectivity index (χ0v) is 12.5. The van der Waals surface area contributed by atoms with Gasteiger partial charge in [0, 0.05) is 18.9 Å². The molecular formula is C16H27NO2. The molecule has 1 aliphatic carbocycles. The lowest BCUT2D eigenvalue weighted by atomic mass is 9.71. The molecule has 0 bridgehead atoms. The summed E-state index contributed by atoms with van der Waals surface area (Å²) in [6.07, 6.45) is 7.97. The predicted molar refractivity (Wildman–Crippen MR) is 75.4 cm³/mol. The summed E-state index contributed by atoms with van der Waals surface area (Å²) in [6, 6.07) is 0. The van der Waals surface area contributed by atoms with Gasteiger partial charge in [-0.15, -0.1) is 0 Å². The van der Waals surface area contributed by atoms with Crippen LogP contribution in [0.3, 0.4) is 0 Å². The molecule has 0 spiro atoms. The van der Waals surface area contributed by atoms with Crippen LogP contribution in [0, 0.1) is 23.7 Å². The van der Waals surface area contributed by atoms with Crippen LogP contribution < -0.4 is 0 Å². The molecular weight excluding hydrogens is 238 g/mol. The van der Waals surface area contributed by atoms with Gasteiger partial charge in [0.1, 0.15) is 0 Å². The van der Waals surface area contributed by atoms with Gasteiger partial charge in [-0.05, 0) is 31.1 Å². The standard InChI is InChI=1S/C16H27NO2/c1-11-10-12(2)15(18)17(3)16(19)14-9-7-5-4-6-8-13(11)14/h11-14H,4-10H2,1-3H3. The van der Waals surface area contributed by atoms with Gasteiger partial charge in [-0.2, -0.15) is 0 Å². The number of likely N-dealkylation sites (tertiary alicyclic amines) is 1. The number of fused-ring (bicyclic) bond motifs is 1. The summed E-state index contributed by atoms with van der Waals surface area (Å²) < 4.78 is 0. The van der Waals surface area contributed by atoms with Crippen LogP contribution in [0.2, 0.25) is 0 Å². The summed E-state index contributed by atoms with van der Waals surface area (Å²) in [5.41, 5.74) is 0. The zero-order chi connectivity index (χ0) is 14.0. The van der Waals surface area contributed by atoms with Gasteiger partial charge in [0.25, 0.3) is 0 Å². The van der Waals surface area contributed by atoms with E-state index in [2.05, 4.69) is 6.92 Å². The molecule has 0 aromatic heterocycles. The molecule has 2 amide bonds. The highest BCUT2D eigenvalue weighted by Gasteiger charge is 2.39. The van der Waals surface area contributed by atoms with Crippen molar-refractivity contribution >= 4 is 11.8 Å². The Morgan fingerprint density at radius 1 is 0.947 bits per heavy atom. The van der Waals surface area contributed by atoms with Crippen molar-refractivity contribution < 1.29 is 9.59 Å². The van der Waals surface area contributed by atoms with E-state index in [4.69, 9.17) is 0 Å². The number of carbonyl (C=O) groups excluding carboxylic acids is 2. The number of hydrogen-bond donors (Lipinski definition) is 0. The minimum absolute atomic E-state index is 0.0114. The van der Waals surface area contributed by atoms with Crippen molar-refractivity contribution in [2.24, 2.45) is 23.7 Å². The molecule has 3 heteroatoms. The largest absolute Gasteiger partial charge is 0.285 e. The molecule has 1 heterocycles. The van der Waals surface area contributed by atoms with Crippen LogP contribution in [-0.2, 0) is 9.59 Å². The molecule has 4 atom stereocenters. The molecule has 2 aliphatic rings. The Hall–Kier alpha value is -0.860. The maximum Gasteiger partial charge on any atom is 0.232 e. The predicted octanol–water partition coefficient (Wildman–Crippen LogP) is 3.23. The average Bonchev–Trinajstić information content (AvgIpc) is 2.35. The summed E-state index contributed by atoms with van der Waals surface area (Å²) >= 11 is 0. The Morgan fingerprint density at radius 3 is 2.26 bits per heavy atom. The van der Waals surface area contributed by atoms with E-state index in [1.54, 1.807) is 7.05 Å². The third kappa shape index (κ3) is 3.01. The summed E-state index contributed by atoms with van der Waals surface area (Å²) in [5, 5.41) is 0. The average molecular weight is 265 g/mol. The minimum atomic E-state index is -0.0182. The van der Waals surface area contributed by atoms with Gasteiger partial charge in [0.2, 0.25) is 11.8 Å². The number of amides is 2. The van der Waals surface area contributed by atoms with Crippen LogP contribution in [0.5, 0.6) is 0 Å². The first-order valence-corrected chi connectivity index (χ1v) is 7.83. The SMILES string of the molecule is CC1CC(C)C2CCCCCCC2C(=O)N(C)C1=O. The first kappa shape index (κ1) is 14.5. The van der Waals surface area contributed by atoms with Gasteiger partial charge in [-0.3, -0.25) is 14.5 Å². The van der Waals surface area contributed by atoms with E-state index in [9.17, 15) is 9.59 Å². The van der Waals surface area contributed by atoms with Crippen molar-refractivity contribution in [1.82, 2.24) is 4.90 Å². The highest BCUT2D eigenvalue weighted by Crippen LogP contribution is 2.38. The van der Waals surface area contributed by atoms with Gasteiger partial charge in [-0.25, -0.2) is 0 Å². The number of hydrogen-bond acceptors (Lipinski definition) is 2. The Bertz CT molecular complexity index is 353. The molecule has 4 unspecified atom stereocenters. The fourth-order valence-corrected chi connectivity index (χ4v) is 4.02. The number of rotatable bonds is 0. The van der Waals surface area contributed by atoms with E-state index in [1.165, 1.54) is 24.2 Å². The smallest absolute Gasteiger partial charge is 0.232 e. The van der Waals surface area contributed by atoms with Gasteiger partial charge in [0.05, 0.1) is 0 Å². The highest BCUT2D eigenvalue weighted by atomic mass is 16.2. The lowest BCUT2D eigenvalue weighted by Crippen LogP contribution is -2.47. The molecule has 0 N–H and O–H groups in total. The van der Waals surface area contributed by atoms with Crippen LogP contribution in [0.15, 0.2) is 0 Å². The molecule has 1 aliphatic heterocycles. The number of nitrogens with zero attached hydrogens (tertiary/aromatic N) is 1. The van der Waals surface area contributed by atoms with E-state index < -0.39 is 0 Å². The Kier molecular flexibility index (Phi) is 4.64. The van der Waals surface area contributed by atoms with Gasteiger partial charge in [-0.1, -0.05) is 39.5 Å². The molecule has 3 nitrogen and oxygen atoms in total. The molecule has 1 saturated heterocycles. The molecule has 108 valence electrons. The second-order valence-corrected chi connectivity index (χ2v) is 6.61. The number of imide groups is 1. The van der Waals surface area contributed by atoms with E-state index >= 15 is 0 Å². The molecule has 2 fully saturated rings. The van der Waals surface area contributed by atoms with Crippen LogP contribution in [0.4, 0.5) is 0 Å². The van der Waals surface area contributed by atoms with E-state index in [-0.39, 0.29) is 23.7 Å². The van der Waals surface area contributed by atoms with Gasteiger partial charge in [0.15, 0.2) is 0 Å². The summed E-state index contributed by atoms with van der Waals surface area (Å²) in [4.78, 5) is 26.2. The molecule has 19 heavy (non-hydrogen) atoms. The Labute approximate surface area is 116 Å². The highest BCUT2D eigenvalue weighted by molar-refractivity contribution is 5.97. The van der Waals surface area contributed by atoms with Crippen molar-refractivity contribution in [1.29, 1.82) is 0 Å². The third-order valence-electron chi connectivity index (χ3n) is 5.18. The van der Waals surface area contributed by atoms with Crippen LogP contribution in [0.25, 0.3) is 0 Å². The summed E-state index contributed by atoms with van der Waals surface area (Å²) in [5.74, 6) is 1.12. The molecule has 0 radical (unpaired) electrons. The summed E-state index contributed by atoms with van der Waals surface area (Å²) in [6.45, 7) is 4.20. The topological polar surface area (TPSA) is 37.4 Å². The summed E-state index contributed by atoms with van der Waals surface area (Å²) in [7, 11) is 1.67. The van der Waals surface area contributed by atoms with Gasteiger partial charge < -0.3 is 0 Å². The van der Waals surface area contributed by atoms with Crippen LogP contribution in [0.1, 0.15) is 58.8 Å². The first-order valence-electron chi connectivity index (χ1n) is 7.83. The second kappa shape index (κ2) is 6.06. The Morgan fingerprint density at radius 2 is 1.58 bits per heavy atom. The van der Waals surface area contributed by atoms with Crippen molar-refractivity contribution in [3.63, 3.8) is 0 Å². The van der Waals surface area contributed by atoms with Crippen LogP contribution in [-0.4, -0.2) is 23.8 Å². The third-order valence-corrected chi connectivity index (χ3v) is 5.18. The van der Waals surface area contributed by atoms with Crippen molar-refractivity contribution in [3.8, 4) is 0 Å². The lowest BCUT2D eigenvalue weighted by molar-refractivity contribution is -0.152. The fraction of sp³-hybridized carbons (Fsp3) is 0.875. The van der Waals surface area contributed by atoms with E-state index in [0.717, 1.165) is 25.7 Å². The molecule has 1 saturated carbocycles. The van der Waals surface area contributed by atoms with Crippen LogP contribution >= 0.6 is 0 Å². The fourth-order valence-electron chi connectivity index (χ4n) is 4.02. The molecule has 2 rings (SSSR count). The monoisotopic (exact) mass is 265 g/mol. The zero-order valence-electron chi connectivity index (χ0n) is 12.5. The van der Waals surface area contributed by atoms with E-state index in [0.29, 0.717) is 11.8 Å². The second-order valence-electron chi connectivity index (χ2n) is 6.61. The van der Waals surface area contributed by atoms with E-state index in [1.807, 2.05) is 6.92 Å². The first-order chi connectivity index (χ1) is 9.02. The van der Waals surface area contributed by atoms with Gasteiger partial charge >= 0.3 is 0 Å².